The Bertz CT molecular complexity index is 509. The zero-order valence-corrected chi connectivity index (χ0v) is 19.9. The van der Waals surface area contributed by atoms with Crippen LogP contribution in [0.2, 0.25) is 37.3 Å². The van der Waals surface area contributed by atoms with E-state index in [9.17, 15) is 0 Å². The SMILES string of the molecule is C=C[SiH](CNCC[Si](C)(C)c1ccccc1)O[Si](C)(C)C(C)(C)C. The van der Waals surface area contributed by atoms with Gasteiger partial charge in [0.2, 0.25) is 9.04 Å². The first-order chi connectivity index (χ1) is 11.0. The number of nitrogens with one attached hydrogen (secondary N) is 1. The van der Waals surface area contributed by atoms with Crippen molar-refractivity contribution in [2.24, 2.45) is 0 Å². The average Bonchev–Trinajstić information content (AvgIpc) is 2.50. The standard InChI is InChI=1S/C19H37NOSi3/c1-9-22(21-24(7,8)19(2,3)4)17-20-15-16-23(5,6)18-13-11-10-12-14-18/h9-14,20,22H,1,15-17H2,2-8H3. The van der Waals surface area contributed by atoms with E-state index in [0.29, 0.717) is 0 Å². The molecule has 0 saturated carbocycles. The first kappa shape index (κ1) is 21.6. The van der Waals surface area contributed by atoms with Gasteiger partial charge in [0.05, 0.1) is 8.07 Å². The number of hydrogen-bond donors (Lipinski definition) is 1. The molecule has 0 heterocycles. The number of benzene rings is 1. The van der Waals surface area contributed by atoms with Crippen LogP contribution < -0.4 is 10.5 Å². The summed E-state index contributed by atoms with van der Waals surface area (Å²) in [5, 5.41) is 5.47. The third-order valence-corrected chi connectivity index (χ3v) is 17.1. The number of hydrogen-bond acceptors (Lipinski definition) is 2. The molecule has 0 aliphatic rings. The first-order valence-electron chi connectivity index (χ1n) is 9.06. The van der Waals surface area contributed by atoms with Crippen LogP contribution in [-0.2, 0) is 4.12 Å². The Hall–Kier alpha value is -0.469. The molecule has 1 aromatic rings. The Labute approximate surface area is 153 Å². The third-order valence-electron chi connectivity index (χ3n) is 5.34. The maximum absolute atomic E-state index is 6.58. The summed E-state index contributed by atoms with van der Waals surface area (Å²) in [6, 6.07) is 12.2. The summed E-state index contributed by atoms with van der Waals surface area (Å²) in [5.41, 5.74) is 2.09. The lowest BCUT2D eigenvalue weighted by Crippen LogP contribution is -2.49. The Morgan fingerprint density at radius 3 is 2.21 bits per heavy atom. The van der Waals surface area contributed by atoms with E-state index in [0.717, 1.165) is 12.7 Å². The van der Waals surface area contributed by atoms with Gasteiger partial charge in [-0.05, 0) is 30.7 Å². The van der Waals surface area contributed by atoms with Crippen LogP contribution in [-0.4, -0.2) is 38.1 Å². The van der Waals surface area contributed by atoms with Crippen molar-refractivity contribution in [1.82, 2.24) is 5.32 Å². The molecule has 0 aliphatic carbocycles. The molecular weight excluding hydrogens is 342 g/mol. The van der Waals surface area contributed by atoms with Crippen LogP contribution in [0.15, 0.2) is 42.6 Å². The largest absolute Gasteiger partial charge is 0.453 e. The van der Waals surface area contributed by atoms with E-state index in [2.05, 4.69) is 94.9 Å². The van der Waals surface area contributed by atoms with Gasteiger partial charge in [0.15, 0.2) is 8.32 Å². The molecule has 1 aromatic carbocycles. The monoisotopic (exact) mass is 379 g/mol. The minimum atomic E-state index is -1.68. The summed E-state index contributed by atoms with van der Waals surface area (Å²) < 4.78 is 6.58. The molecule has 0 spiro atoms. The van der Waals surface area contributed by atoms with Crippen LogP contribution in [0.25, 0.3) is 0 Å². The summed E-state index contributed by atoms with van der Waals surface area (Å²) in [4.78, 5) is 0. The fourth-order valence-electron chi connectivity index (χ4n) is 2.41. The molecule has 136 valence electrons. The van der Waals surface area contributed by atoms with Gasteiger partial charge in [-0.2, -0.15) is 0 Å². The molecule has 1 rings (SSSR count). The lowest BCUT2D eigenvalue weighted by molar-refractivity contribution is 0.501. The highest BCUT2D eigenvalue weighted by Gasteiger charge is 2.38. The lowest BCUT2D eigenvalue weighted by Gasteiger charge is -2.39. The van der Waals surface area contributed by atoms with E-state index < -0.39 is 25.4 Å². The topological polar surface area (TPSA) is 21.3 Å². The second-order valence-corrected chi connectivity index (χ2v) is 21.1. The molecule has 1 atom stereocenters. The Balaban J connectivity index is 2.47. The van der Waals surface area contributed by atoms with Gasteiger partial charge in [-0.15, -0.1) is 6.58 Å². The fraction of sp³-hybridized carbons (Fsp3) is 0.579. The van der Waals surface area contributed by atoms with Crippen molar-refractivity contribution in [2.75, 3.05) is 12.7 Å². The van der Waals surface area contributed by atoms with Crippen molar-refractivity contribution in [2.45, 2.75) is 58.0 Å². The van der Waals surface area contributed by atoms with E-state index in [1.807, 2.05) is 0 Å². The molecule has 2 nitrogen and oxygen atoms in total. The average molecular weight is 380 g/mol. The molecule has 0 bridgehead atoms. The van der Waals surface area contributed by atoms with Crippen LogP contribution in [0.3, 0.4) is 0 Å². The lowest BCUT2D eigenvalue weighted by atomic mass is 10.2. The summed E-state index contributed by atoms with van der Waals surface area (Å²) in [5.74, 6) is 0. The quantitative estimate of drug-likeness (QED) is 0.513. The van der Waals surface area contributed by atoms with E-state index >= 15 is 0 Å². The van der Waals surface area contributed by atoms with E-state index in [4.69, 9.17) is 4.12 Å². The molecule has 0 saturated heterocycles. The van der Waals surface area contributed by atoms with Crippen LogP contribution in [0.1, 0.15) is 20.8 Å². The van der Waals surface area contributed by atoms with Crippen molar-refractivity contribution in [3.63, 3.8) is 0 Å². The molecule has 24 heavy (non-hydrogen) atoms. The van der Waals surface area contributed by atoms with Gasteiger partial charge in [-0.1, -0.05) is 75.1 Å². The van der Waals surface area contributed by atoms with E-state index in [1.54, 1.807) is 5.19 Å². The van der Waals surface area contributed by atoms with Gasteiger partial charge in [-0.3, -0.25) is 0 Å². The fourth-order valence-corrected chi connectivity index (χ4v) is 10.4. The van der Waals surface area contributed by atoms with Gasteiger partial charge in [0.1, 0.15) is 0 Å². The van der Waals surface area contributed by atoms with Gasteiger partial charge < -0.3 is 9.43 Å². The first-order valence-corrected chi connectivity index (χ1v) is 17.1. The smallest absolute Gasteiger partial charge is 0.201 e. The molecule has 0 radical (unpaired) electrons. The Morgan fingerprint density at radius 2 is 1.71 bits per heavy atom. The highest BCUT2D eigenvalue weighted by atomic mass is 28.4. The van der Waals surface area contributed by atoms with E-state index in [-0.39, 0.29) is 5.04 Å². The van der Waals surface area contributed by atoms with Crippen molar-refractivity contribution in [3.8, 4) is 0 Å². The summed E-state index contributed by atoms with van der Waals surface area (Å²) in [6.07, 6.45) is 0.995. The summed E-state index contributed by atoms with van der Waals surface area (Å²) in [6.45, 7) is 21.6. The van der Waals surface area contributed by atoms with Crippen LogP contribution in [0, 0.1) is 0 Å². The predicted molar refractivity (Wildman–Crippen MR) is 117 cm³/mol. The van der Waals surface area contributed by atoms with Gasteiger partial charge in [0, 0.05) is 6.17 Å². The summed E-state index contributed by atoms with van der Waals surface area (Å²) >= 11 is 0. The molecule has 1 unspecified atom stereocenters. The Kier molecular flexibility index (Phi) is 7.87. The second kappa shape index (κ2) is 8.76. The maximum atomic E-state index is 6.58. The summed E-state index contributed by atoms with van der Waals surface area (Å²) in [7, 11) is -4.39. The van der Waals surface area contributed by atoms with Crippen LogP contribution in [0.5, 0.6) is 0 Å². The van der Waals surface area contributed by atoms with Crippen molar-refractivity contribution in [3.05, 3.63) is 42.6 Å². The highest BCUT2D eigenvalue weighted by molar-refractivity contribution is 6.89. The van der Waals surface area contributed by atoms with Crippen LogP contribution in [0.4, 0.5) is 0 Å². The maximum Gasteiger partial charge on any atom is 0.201 e. The van der Waals surface area contributed by atoms with Gasteiger partial charge in [-0.25, -0.2) is 0 Å². The molecule has 0 amide bonds. The van der Waals surface area contributed by atoms with Crippen molar-refractivity contribution in [1.29, 1.82) is 0 Å². The molecule has 0 aliphatic heterocycles. The zero-order chi connectivity index (χ0) is 18.4. The number of rotatable bonds is 9. The molecule has 0 aromatic heterocycles. The second-order valence-electron chi connectivity index (χ2n) is 8.86. The minimum absolute atomic E-state index is 0.267. The molecular formula is C19H37NOSi3. The minimum Gasteiger partial charge on any atom is -0.453 e. The van der Waals surface area contributed by atoms with Gasteiger partial charge >= 0.3 is 0 Å². The molecule has 1 N–H and O–H groups in total. The molecule has 0 fully saturated rings. The van der Waals surface area contributed by atoms with Crippen molar-refractivity contribution >= 4 is 30.6 Å². The zero-order valence-electron chi connectivity index (χ0n) is 16.8. The van der Waals surface area contributed by atoms with Crippen molar-refractivity contribution < 1.29 is 4.12 Å². The Morgan fingerprint density at radius 1 is 1.12 bits per heavy atom. The normalized spacial score (nSPS) is 14.5. The third kappa shape index (κ3) is 6.44. The van der Waals surface area contributed by atoms with Crippen LogP contribution >= 0.6 is 0 Å². The van der Waals surface area contributed by atoms with E-state index in [1.165, 1.54) is 6.04 Å². The predicted octanol–water partition coefficient (Wildman–Crippen LogP) is 4.20. The highest BCUT2D eigenvalue weighted by Crippen LogP contribution is 2.36. The molecule has 5 heteroatoms. The van der Waals surface area contributed by atoms with Gasteiger partial charge in [0.25, 0.3) is 0 Å².